The van der Waals surface area contributed by atoms with Crippen LogP contribution in [-0.4, -0.2) is 11.9 Å². The number of carbonyl (C=O) groups excluding carboxylic acids is 1. The van der Waals surface area contributed by atoms with Gasteiger partial charge >= 0.3 is 5.97 Å². The fourth-order valence-corrected chi connectivity index (χ4v) is 3.00. The van der Waals surface area contributed by atoms with Crippen molar-refractivity contribution < 1.29 is 14.3 Å². The van der Waals surface area contributed by atoms with E-state index >= 15 is 0 Å². The summed E-state index contributed by atoms with van der Waals surface area (Å²) in [5, 5.41) is 0. The van der Waals surface area contributed by atoms with E-state index < -0.39 is 5.97 Å². The number of benzene rings is 3. The lowest BCUT2D eigenvalue weighted by Crippen LogP contribution is -2.05. The number of halogens is 1. The molecule has 28 heavy (non-hydrogen) atoms. The minimum atomic E-state index is -0.471. The summed E-state index contributed by atoms with van der Waals surface area (Å²) in [6.45, 7) is 0.427. The Morgan fingerprint density at radius 3 is 2.43 bits per heavy atom. The molecule has 0 fully saturated rings. The van der Waals surface area contributed by atoms with Gasteiger partial charge in [0.2, 0.25) is 5.90 Å². The minimum absolute atomic E-state index is 0.249. The molecular weight excluding hydrogens is 418 g/mol. The van der Waals surface area contributed by atoms with Crippen molar-refractivity contribution >= 4 is 33.9 Å². The molecule has 5 heteroatoms. The fraction of sp³-hybridized carbons (Fsp3) is 0.0435. The molecule has 0 N–H and O–H groups in total. The monoisotopic (exact) mass is 433 g/mol. The second-order valence-electron chi connectivity index (χ2n) is 6.16. The van der Waals surface area contributed by atoms with E-state index in [1.165, 1.54) is 0 Å². The first kappa shape index (κ1) is 18.2. The number of hydrogen-bond donors (Lipinski definition) is 0. The van der Waals surface area contributed by atoms with Crippen LogP contribution in [0.25, 0.3) is 6.08 Å². The van der Waals surface area contributed by atoms with Gasteiger partial charge in [0.15, 0.2) is 5.70 Å². The third kappa shape index (κ3) is 4.21. The predicted octanol–water partition coefficient (Wildman–Crippen LogP) is 5.37. The van der Waals surface area contributed by atoms with E-state index in [9.17, 15) is 4.79 Å². The van der Waals surface area contributed by atoms with E-state index in [1.54, 1.807) is 6.08 Å². The van der Waals surface area contributed by atoms with Crippen LogP contribution in [0.5, 0.6) is 5.75 Å². The van der Waals surface area contributed by atoms with Crippen LogP contribution >= 0.6 is 15.9 Å². The molecule has 4 rings (SSSR count). The predicted molar refractivity (Wildman–Crippen MR) is 112 cm³/mol. The molecule has 0 aromatic heterocycles. The highest BCUT2D eigenvalue weighted by Crippen LogP contribution is 2.25. The van der Waals surface area contributed by atoms with E-state index in [1.807, 2.05) is 78.9 Å². The van der Waals surface area contributed by atoms with Gasteiger partial charge in [-0.05, 0) is 42.0 Å². The summed E-state index contributed by atoms with van der Waals surface area (Å²) in [6, 6.07) is 24.8. The van der Waals surface area contributed by atoms with Crippen LogP contribution in [0.1, 0.15) is 16.7 Å². The van der Waals surface area contributed by atoms with Crippen LogP contribution in [0.15, 0.2) is 94.0 Å². The van der Waals surface area contributed by atoms with Gasteiger partial charge in [0.05, 0.1) is 0 Å². The number of rotatable bonds is 5. The van der Waals surface area contributed by atoms with E-state index in [4.69, 9.17) is 9.47 Å². The maximum Gasteiger partial charge on any atom is 0.363 e. The van der Waals surface area contributed by atoms with Crippen molar-refractivity contribution in [1.82, 2.24) is 0 Å². The van der Waals surface area contributed by atoms with Gasteiger partial charge in [-0.15, -0.1) is 0 Å². The summed E-state index contributed by atoms with van der Waals surface area (Å²) in [7, 11) is 0. The molecule has 0 amide bonds. The highest BCUT2D eigenvalue weighted by Gasteiger charge is 2.24. The molecule has 4 nitrogen and oxygen atoms in total. The average molecular weight is 434 g/mol. The zero-order valence-electron chi connectivity index (χ0n) is 14.8. The SMILES string of the molecule is O=C1OC(c2ccccc2)=N/C1=C\c1ccccc1OCc1ccc(Br)cc1. The Morgan fingerprint density at radius 2 is 1.64 bits per heavy atom. The number of nitrogens with zero attached hydrogens (tertiary/aromatic N) is 1. The maximum absolute atomic E-state index is 12.2. The molecule has 0 atom stereocenters. The largest absolute Gasteiger partial charge is 0.488 e. The van der Waals surface area contributed by atoms with Gasteiger partial charge in [-0.25, -0.2) is 9.79 Å². The van der Waals surface area contributed by atoms with Gasteiger partial charge in [0.25, 0.3) is 0 Å². The summed E-state index contributed by atoms with van der Waals surface area (Å²) in [4.78, 5) is 16.6. The van der Waals surface area contributed by atoms with E-state index in [0.29, 0.717) is 18.3 Å². The first-order chi connectivity index (χ1) is 13.7. The number of cyclic esters (lactones) is 1. The molecule has 3 aromatic carbocycles. The molecule has 0 saturated carbocycles. The lowest BCUT2D eigenvalue weighted by Gasteiger charge is -2.09. The fourth-order valence-electron chi connectivity index (χ4n) is 2.73. The van der Waals surface area contributed by atoms with Crippen molar-refractivity contribution in [3.05, 3.63) is 106 Å². The van der Waals surface area contributed by atoms with Crippen molar-refractivity contribution in [2.24, 2.45) is 4.99 Å². The number of ether oxygens (including phenoxy) is 2. The molecule has 1 heterocycles. The number of carbonyl (C=O) groups is 1. The van der Waals surface area contributed by atoms with Gasteiger partial charge in [-0.2, -0.15) is 0 Å². The normalized spacial score (nSPS) is 14.7. The highest BCUT2D eigenvalue weighted by atomic mass is 79.9. The third-order valence-corrected chi connectivity index (χ3v) is 4.69. The Labute approximate surface area is 171 Å². The lowest BCUT2D eigenvalue weighted by atomic mass is 10.1. The second kappa shape index (κ2) is 8.23. The minimum Gasteiger partial charge on any atom is -0.488 e. The Balaban J connectivity index is 1.57. The molecular formula is C23H16BrNO3. The summed E-state index contributed by atoms with van der Waals surface area (Å²) < 4.78 is 12.3. The van der Waals surface area contributed by atoms with Crippen molar-refractivity contribution in [2.45, 2.75) is 6.61 Å². The average Bonchev–Trinajstić information content (AvgIpc) is 3.10. The van der Waals surface area contributed by atoms with Crippen molar-refractivity contribution in [2.75, 3.05) is 0 Å². The van der Waals surface area contributed by atoms with Crippen molar-refractivity contribution in [3.63, 3.8) is 0 Å². The summed E-state index contributed by atoms with van der Waals surface area (Å²) in [5.74, 6) is 0.515. The van der Waals surface area contributed by atoms with E-state index in [-0.39, 0.29) is 5.70 Å². The first-order valence-corrected chi connectivity index (χ1v) is 9.52. The van der Waals surface area contributed by atoms with Crippen LogP contribution < -0.4 is 4.74 Å². The summed E-state index contributed by atoms with van der Waals surface area (Å²) in [6.07, 6.45) is 1.69. The number of aliphatic imine (C=N–C) groups is 1. The Morgan fingerprint density at radius 1 is 0.929 bits per heavy atom. The molecule has 0 saturated heterocycles. The standard InChI is InChI=1S/C23H16BrNO3/c24-19-12-10-16(11-13-19)15-27-21-9-5-4-8-18(21)14-20-23(26)28-22(25-20)17-6-2-1-3-7-17/h1-14H,15H2/b20-14-. The molecule has 1 aliphatic rings. The van der Waals surface area contributed by atoms with Crippen LogP contribution in [-0.2, 0) is 16.1 Å². The smallest absolute Gasteiger partial charge is 0.363 e. The summed E-state index contributed by atoms with van der Waals surface area (Å²) in [5.41, 5.74) is 2.83. The highest BCUT2D eigenvalue weighted by molar-refractivity contribution is 9.10. The number of hydrogen-bond acceptors (Lipinski definition) is 4. The third-order valence-electron chi connectivity index (χ3n) is 4.16. The first-order valence-electron chi connectivity index (χ1n) is 8.73. The molecule has 0 aliphatic carbocycles. The molecule has 3 aromatic rings. The van der Waals surface area contributed by atoms with Gasteiger partial charge in [-0.1, -0.05) is 64.5 Å². The van der Waals surface area contributed by atoms with Crippen LogP contribution in [0.4, 0.5) is 0 Å². The quantitative estimate of drug-likeness (QED) is 0.401. The zero-order valence-corrected chi connectivity index (χ0v) is 16.4. The van der Waals surface area contributed by atoms with E-state index in [0.717, 1.165) is 21.2 Å². The topological polar surface area (TPSA) is 47.9 Å². The van der Waals surface area contributed by atoms with Crippen LogP contribution in [0.2, 0.25) is 0 Å². The number of esters is 1. The molecule has 0 unspecified atom stereocenters. The van der Waals surface area contributed by atoms with Gasteiger partial charge in [0, 0.05) is 15.6 Å². The van der Waals surface area contributed by atoms with E-state index in [2.05, 4.69) is 20.9 Å². The van der Waals surface area contributed by atoms with Gasteiger partial charge < -0.3 is 9.47 Å². The van der Waals surface area contributed by atoms with Gasteiger partial charge in [-0.3, -0.25) is 0 Å². The Bertz CT molecular complexity index is 1060. The Kier molecular flexibility index (Phi) is 5.35. The van der Waals surface area contributed by atoms with Crippen LogP contribution in [0, 0.1) is 0 Å². The molecule has 0 bridgehead atoms. The van der Waals surface area contributed by atoms with Crippen LogP contribution in [0.3, 0.4) is 0 Å². The molecule has 0 radical (unpaired) electrons. The molecule has 1 aliphatic heterocycles. The second-order valence-corrected chi connectivity index (χ2v) is 7.07. The lowest BCUT2D eigenvalue weighted by molar-refractivity contribution is -0.129. The van der Waals surface area contributed by atoms with Crippen molar-refractivity contribution in [1.29, 1.82) is 0 Å². The molecule has 0 spiro atoms. The maximum atomic E-state index is 12.2. The Hall–Kier alpha value is -3.18. The number of para-hydroxylation sites is 1. The summed E-state index contributed by atoms with van der Waals surface area (Å²) >= 11 is 3.42. The van der Waals surface area contributed by atoms with Crippen molar-refractivity contribution in [3.8, 4) is 5.75 Å². The zero-order chi connectivity index (χ0) is 19.3. The molecule has 138 valence electrons. The van der Waals surface area contributed by atoms with Gasteiger partial charge in [0.1, 0.15) is 12.4 Å².